The highest BCUT2D eigenvalue weighted by Gasteiger charge is 2.15. The smallest absolute Gasteiger partial charge is 0.282 e. The topological polar surface area (TPSA) is 61.6 Å². The molecule has 0 amide bonds. The van der Waals surface area contributed by atoms with E-state index in [1.165, 1.54) is 6.07 Å². The molecule has 0 atom stereocenters. The van der Waals surface area contributed by atoms with Gasteiger partial charge in [0.1, 0.15) is 0 Å². The van der Waals surface area contributed by atoms with Crippen LogP contribution in [0.2, 0.25) is 0 Å². The quantitative estimate of drug-likeness (QED) is 0.308. The van der Waals surface area contributed by atoms with Crippen molar-refractivity contribution in [3.05, 3.63) is 37.4 Å². The van der Waals surface area contributed by atoms with Gasteiger partial charge in [-0.1, -0.05) is 6.07 Å². The Kier molecular flexibility index (Phi) is 6.99. The largest absolute Gasteiger partial charge is 0.334 e. The maximum atomic E-state index is 10.7. The Morgan fingerprint density at radius 3 is 2.39 bits per heavy atom. The van der Waals surface area contributed by atoms with Crippen molar-refractivity contribution in [2.24, 2.45) is 0 Å². The highest BCUT2D eigenvalue weighted by Crippen LogP contribution is 2.42. The number of benzene rings is 1. The highest BCUT2D eigenvalue weighted by molar-refractivity contribution is 14.1. The summed E-state index contributed by atoms with van der Waals surface area (Å²) in [6, 6.07) is 5.10. The molecule has 7 heteroatoms. The number of nitro benzene ring substituents is 1. The molecule has 18 heavy (non-hydrogen) atoms. The van der Waals surface area contributed by atoms with E-state index in [9.17, 15) is 10.1 Å². The molecule has 0 saturated carbocycles. The van der Waals surface area contributed by atoms with E-state index < -0.39 is 8.38 Å². The average Bonchev–Trinajstić information content (AvgIpc) is 2.29. The van der Waals surface area contributed by atoms with Crippen LogP contribution in [0.25, 0.3) is 0 Å². The van der Waals surface area contributed by atoms with E-state index in [0.29, 0.717) is 22.9 Å². The van der Waals surface area contributed by atoms with Gasteiger partial charge in [-0.25, -0.2) is 0 Å². The maximum absolute atomic E-state index is 10.7. The molecule has 0 radical (unpaired) electrons. The fraction of sp³-hybridized carbons (Fsp3) is 0.455. The Morgan fingerprint density at radius 1 is 1.33 bits per heavy atom. The molecule has 0 aliphatic rings. The van der Waals surface area contributed by atoms with Gasteiger partial charge in [-0.15, -0.1) is 0 Å². The lowest BCUT2D eigenvalue weighted by molar-refractivity contribution is -0.385. The van der Waals surface area contributed by atoms with Crippen molar-refractivity contribution < 1.29 is 14.0 Å². The SMILES string of the molecule is CCOP(Cc1ccc([N+](=O)[O-])c(I)c1)OCC. The molecule has 0 aliphatic carbocycles. The second-order valence-corrected chi connectivity index (χ2v) is 6.03. The summed E-state index contributed by atoms with van der Waals surface area (Å²) in [5.41, 5.74) is 1.13. The standard InChI is InChI=1S/C11H15INO4P/c1-3-16-18(17-4-2)8-9-5-6-11(13(14)15)10(12)7-9/h5-7H,3-4,8H2,1-2H3. The van der Waals surface area contributed by atoms with Crippen molar-refractivity contribution in [3.63, 3.8) is 0 Å². The Balaban J connectivity index is 2.77. The van der Waals surface area contributed by atoms with Crippen molar-refractivity contribution in [1.29, 1.82) is 0 Å². The monoisotopic (exact) mass is 383 g/mol. The van der Waals surface area contributed by atoms with Crippen LogP contribution in [0.4, 0.5) is 5.69 Å². The summed E-state index contributed by atoms with van der Waals surface area (Å²) in [4.78, 5) is 10.3. The lowest BCUT2D eigenvalue weighted by Crippen LogP contribution is -1.96. The van der Waals surface area contributed by atoms with Gasteiger partial charge in [0, 0.05) is 12.2 Å². The number of hydrogen-bond acceptors (Lipinski definition) is 4. The van der Waals surface area contributed by atoms with Gasteiger partial charge in [-0.2, -0.15) is 0 Å². The van der Waals surface area contributed by atoms with Crippen LogP contribution in [-0.2, 0) is 15.2 Å². The molecule has 0 N–H and O–H groups in total. The van der Waals surface area contributed by atoms with Crippen molar-refractivity contribution in [3.8, 4) is 0 Å². The van der Waals surface area contributed by atoms with Gasteiger partial charge in [0.2, 0.25) is 0 Å². The van der Waals surface area contributed by atoms with Crippen LogP contribution < -0.4 is 0 Å². The number of rotatable bonds is 7. The van der Waals surface area contributed by atoms with Crippen LogP contribution in [0.15, 0.2) is 18.2 Å². The zero-order chi connectivity index (χ0) is 13.5. The van der Waals surface area contributed by atoms with E-state index in [1.54, 1.807) is 6.07 Å². The van der Waals surface area contributed by atoms with E-state index in [1.807, 2.05) is 42.5 Å². The first kappa shape index (κ1) is 15.8. The summed E-state index contributed by atoms with van der Waals surface area (Å²) in [7, 11) is -0.948. The van der Waals surface area contributed by atoms with E-state index in [-0.39, 0.29) is 10.6 Å². The molecule has 5 nitrogen and oxygen atoms in total. The lowest BCUT2D eigenvalue weighted by Gasteiger charge is -2.15. The van der Waals surface area contributed by atoms with Gasteiger partial charge >= 0.3 is 0 Å². The van der Waals surface area contributed by atoms with Crippen LogP contribution in [-0.4, -0.2) is 18.1 Å². The normalized spacial score (nSPS) is 10.9. The predicted molar refractivity (Wildman–Crippen MR) is 79.7 cm³/mol. The Labute approximate surface area is 121 Å². The van der Waals surface area contributed by atoms with Gasteiger partial charge < -0.3 is 9.05 Å². The third kappa shape index (κ3) is 4.76. The second-order valence-electron chi connectivity index (χ2n) is 3.37. The molecule has 1 aromatic carbocycles. The summed E-state index contributed by atoms with van der Waals surface area (Å²) in [5, 5.41) is 10.7. The third-order valence-corrected chi connectivity index (χ3v) is 4.65. The highest BCUT2D eigenvalue weighted by atomic mass is 127. The second kappa shape index (κ2) is 7.99. The summed E-state index contributed by atoms with van der Waals surface area (Å²) in [5.74, 6) is 0. The predicted octanol–water partition coefficient (Wildman–Crippen LogP) is 4.08. The minimum Gasteiger partial charge on any atom is -0.334 e. The maximum Gasteiger partial charge on any atom is 0.282 e. The van der Waals surface area contributed by atoms with Crippen molar-refractivity contribution in [2.45, 2.75) is 20.0 Å². The summed E-state index contributed by atoms with van der Waals surface area (Å²) in [6.07, 6.45) is 0.658. The first-order chi connectivity index (χ1) is 8.58. The number of nitro groups is 1. The van der Waals surface area contributed by atoms with Gasteiger partial charge in [0.05, 0.1) is 21.7 Å². The summed E-state index contributed by atoms with van der Waals surface area (Å²) in [6.45, 7) is 5.06. The zero-order valence-corrected chi connectivity index (χ0v) is 13.3. The molecule has 0 saturated heterocycles. The minimum atomic E-state index is -0.948. The van der Waals surface area contributed by atoms with Crippen LogP contribution in [0.5, 0.6) is 0 Å². The molecular formula is C11H15INO4P. The molecule has 0 aliphatic heterocycles. The Bertz CT molecular complexity index is 410. The van der Waals surface area contributed by atoms with Crippen molar-refractivity contribution in [1.82, 2.24) is 0 Å². The molecule has 0 heterocycles. The molecule has 100 valence electrons. The molecule has 0 bridgehead atoms. The number of halogens is 1. The third-order valence-electron chi connectivity index (χ3n) is 2.07. The van der Waals surface area contributed by atoms with Crippen LogP contribution in [0, 0.1) is 13.7 Å². The van der Waals surface area contributed by atoms with E-state index >= 15 is 0 Å². The molecular weight excluding hydrogens is 368 g/mol. The van der Waals surface area contributed by atoms with Gasteiger partial charge in [0.15, 0.2) is 8.38 Å². The van der Waals surface area contributed by atoms with Crippen LogP contribution in [0.1, 0.15) is 19.4 Å². The Morgan fingerprint density at radius 2 is 1.94 bits per heavy atom. The van der Waals surface area contributed by atoms with Crippen LogP contribution >= 0.6 is 31.0 Å². The van der Waals surface area contributed by atoms with E-state index in [2.05, 4.69) is 0 Å². The van der Waals surface area contributed by atoms with Crippen LogP contribution in [0.3, 0.4) is 0 Å². The first-order valence-corrected chi connectivity index (χ1v) is 7.98. The molecule has 0 spiro atoms. The minimum absolute atomic E-state index is 0.136. The average molecular weight is 383 g/mol. The van der Waals surface area contributed by atoms with E-state index in [0.717, 1.165) is 5.56 Å². The fourth-order valence-electron chi connectivity index (χ4n) is 1.36. The molecule has 1 rings (SSSR count). The van der Waals surface area contributed by atoms with E-state index in [4.69, 9.17) is 9.05 Å². The van der Waals surface area contributed by atoms with Crippen molar-refractivity contribution >= 4 is 36.7 Å². The zero-order valence-electron chi connectivity index (χ0n) is 10.3. The van der Waals surface area contributed by atoms with Gasteiger partial charge in [0.25, 0.3) is 5.69 Å². The number of nitrogens with zero attached hydrogens (tertiary/aromatic N) is 1. The molecule has 0 aromatic heterocycles. The van der Waals surface area contributed by atoms with Gasteiger partial charge in [-0.3, -0.25) is 10.1 Å². The molecule has 1 aromatic rings. The first-order valence-electron chi connectivity index (χ1n) is 5.54. The van der Waals surface area contributed by atoms with Crippen molar-refractivity contribution in [2.75, 3.05) is 13.2 Å². The Hall–Kier alpha value is -0.300. The lowest BCUT2D eigenvalue weighted by atomic mass is 10.2. The fourth-order valence-corrected chi connectivity index (χ4v) is 3.47. The number of hydrogen-bond donors (Lipinski definition) is 0. The molecule has 0 fully saturated rings. The molecule has 0 unspecified atom stereocenters. The summed E-state index contributed by atoms with van der Waals surface area (Å²) < 4.78 is 11.7. The van der Waals surface area contributed by atoms with Gasteiger partial charge in [-0.05, 0) is 48.1 Å². The summed E-state index contributed by atoms with van der Waals surface area (Å²) >= 11 is 1.97.